The molecule has 0 aliphatic heterocycles. The molecule has 94 valence electrons. The van der Waals surface area contributed by atoms with E-state index in [1.807, 2.05) is 0 Å². The van der Waals surface area contributed by atoms with Gasteiger partial charge in [0.15, 0.2) is 5.92 Å². The summed E-state index contributed by atoms with van der Waals surface area (Å²) in [7, 11) is 0. The van der Waals surface area contributed by atoms with Crippen molar-refractivity contribution < 1.29 is 22.7 Å². The number of esters is 1. The SMILES string of the molecule is CCOC(=O)C(c1cccc(C)c1)C(F)(F)F. The first-order chi connectivity index (χ1) is 7.86. The van der Waals surface area contributed by atoms with Gasteiger partial charge in [0.25, 0.3) is 0 Å². The van der Waals surface area contributed by atoms with E-state index < -0.39 is 18.1 Å². The van der Waals surface area contributed by atoms with Crippen LogP contribution in [0.3, 0.4) is 0 Å². The van der Waals surface area contributed by atoms with Gasteiger partial charge in [0.2, 0.25) is 0 Å². The lowest BCUT2D eigenvalue weighted by Crippen LogP contribution is -2.30. The van der Waals surface area contributed by atoms with Gasteiger partial charge in [0.1, 0.15) is 0 Å². The summed E-state index contributed by atoms with van der Waals surface area (Å²) in [4.78, 5) is 11.4. The Kier molecular flexibility index (Phi) is 4.15. The predicted octanol–water partition coefficient (Wildman–Crippen LogP) is 3.20. The third-order valence-electron chi connectivity index (χ3n) is 2.23. The van der Waals surface area contributed by atoms with Gasteiger partial charge in [0.05, 0.1) is 6.61 Å². The summed E-state index contributed by atoms with van der Waals surface area (Å²) in [6.07, 6.45) is -4.64. The van der Waals surface area contributed by atoms with Crippen LogP contribution in [0.4, 0.5) is 13.2 Å². The Labute approximate surface area is 97.4 Å². The van der Waals surface area contributed by atoms with Crippen molar-refractivity contribution in [2.75, 3.05) is 6.61 Å². The van der Waals surface area contributed by atoms with Gasteiger partial charge in [-0.3, -0.25) is 4.79 Å². The Hall–Kier alpha value is -1.52. The van der Waals surface area contributed by atoms with Gasteiger partial charge < -0.3 is 4.74 Å². The first kappa shape index (κ1) is 13.5. The number of rotatable bonds is 3. The molecule has 2 nitrogen and oxygen atoms in total. The second-order valence-corrected chi connectivity index (χ2v) is 3.64. The lowest BCUT2D eigenvalue weighted by Gasteiger charge is -2.19. The van der Waals surface area contributed by atoms with Crippen LogP contribution in [-0.4, -0.2) is 18.8 Å². The number of aryl methyl sites for hydroxylation is 1. The van der Waals surface area contributed by atoms with Crippen LogP contribution in [0, 0.1) is 6.92 Å². The first-order valence-electron chi connectivity index (χ1n) is 5.16. The van der Waals surface area contributed by atoms with Crippen molar-refractivity contribution in [1.29, 1.82) is 0 Å². The summed E-state index contributed by atoms with van der Waals surface area (Å²) >= 11 is 0. The fraction of sp³-hybridized carbons (Fsp3) is 0.417. The molecule has 0 heterocycles. The molecule has 1 aromatic carbocycles. The molecule has 0 amide bonds. The van der Waals surface area contributed by atoms with Gasteiger partial charge in [-0.1, -0.05) is 29.8 Å². The fourth-order valence-corrected chi connectivity index (χ4v) is 1.53. The molecule has 0 aromatic heterocycles. The van der Waals surface area contributed by atoms with Gasteiger partial charge in [-0.25, -0.2) is 0 Å². The quantitative estimate of drug-likeness (QED) is 0.765. The second kappa shape index (κ2) is 5.21. The summed E-state index contributed by atoms with van der Waals surface area (Å²) in [5.41, 5.74) is 0.581. The largest absolute Gasteiger partial charge is 0.465 e. The summed E-state index contributed by atoms with van der Waals surface area (Å²) in [5, 5.41) is 0. The normalized spacial score (nSPS) is 13.2. The van der Waals surface area contributed by atoms with Crippen molar-refractivity contribution in [3.8, 4) is 0 Å². The second-order valence-electron chi connectivity index (χ2n) is 3.64. The lowest BCUT2D eigenvalue weighted by molar-refractivity contribution is -0.180. The van der Waals surface area contributed by atoms with Crippen molar-refractivity contribution >= 4 is 5.97 Å². The van der Waals surface area contributed by atoms with Crippen LogP contribution in [0.15, 0.2) is 24.3 Å². The van der Waals surface area contributed by atoms with E-state index in [4.69, 9.17) is 0 Å². The molecule has 5 heteroatoms. The van der Waals surface area contributed by atoms with Gasteiger partial charge in [-0.15, -0.1) is 0 Å². The molecule has 0 spiro atoms. The van der Waals surface area contributed by atoms with Crippen LogP contribution < -0.4 is 0 Å². The van der Waals surface area contributed by atoms with Crippen molar-refractivity contribution in [1.82, 2.24) is 0 Å². The summed E-state index contributed by atoms with van der Waals surface area (Å²) in [5.74, 6) is -3.46. The number of carbonyl (C=O) groups is 1. The number of carbonyl (C=O) groups excluding carboxylic acids is 1. The van der Waals surface area contributed by atoms with E-state index in [0.717, 1.165) is 0 Å². The fourth-order valence-electron chi connectivity index (χ4n) is 1.53. The molecule has 17 heavy (non-hydrogen) atoms. The maximum absolute atomic E-state index is 12.8. The monoisotopic (exact) mass is 246 g/mol. The average Bonchev–Trinajstić information content (AvgIpc) is 2.15. The van der Waals surface area contributed by atoms with E-state index in [-0.39, 0.29) is 12.2 Å². The van der Waals surface area contributed by atoms with E-state index >= 15 is 0 Å². The Bertz CT molecular complexity index is 399. The Balaban J connectivity index is 3.11. The van der Waals surface area contributed by atoms with Crippen molar-refractivity contribution in [2.24, 2.45) is 0 Å². The van der Waals surface area contributed by atoms with E-state index in [9.17, 15) is 18.0 Å². The zero-order valence-electron chi connectivity index (χ0n) is 9.54. The average molecular weight is 246 g/mol. The van der Waals surface area contributed by atoms with E-state index in [1.54, 1.807) is 13.0 Å². The molecule has 1 atom stereocenters. The number of hydrogen-bond donors (Lipinski definition) is 0. The van der Waals surface area contributed by atoms with Crippen molar-refractivity contribution in [3.05, 3.63) is 35.4 Å². The smallest absolute Gasteiger partial charge is 0.406 e. The third-order valence-corrected chi connectivity index (χ3v) is 2.23. The minimum Gasteiger partial charge on any atom is -0.465 e. The van der Waals surface area contributed by atoms with Crippen LogP contribution in [0.2, 0.25) is 0 Å². The Morgan fingerprint density at radius 2 is 2.06 bits per heavy atom. The van der Waals surface area contributed by atoms with Gasteiger partial charge in [-0.2, -0.15) is 13.2 Å². The summed E-state index contributed by atoms with van der Waals surface area (Å²) < 4.78 is 42.9. The minimum absolute atomic E-state index is 0.0722. The van der Waals surface area contributed by atoms with E-state index in [0.29, 0.717) is 5.56 Å². The summed E-state index contributed by atoms with van der Waals surface area (Å²) in [6, 6.07) is 5.78. The lowest BCUT2D eigenvalue weighted by atomic mass is 9.97. The number of alkyl halides is 3. The van der Waals surface area contributed by atoms with E-state index in [1.165, 1.54) is 25.1 Å². The van der Waals surface area contributed by atoms with Crippen LogP contribution >= 0.6 is 0 Å². The third kappa shape index (κ3) is 3.47. The maximum atomic E-state index is 12.8. The van der Waals surface area contributed by atoms with Gasteiger partial charge in [0, 0.05) is 0 Å². The van der Waals surface area contributed by atoms with Crippen LogP contribution in [0.1, 0.15) is 24.0 Å². The zero-order chi connectivity index (χ0) is 13.1. The molecule has 1 rings (SSSR count). The molecule has 0 bridgehead atoms. The number of hydrogen-bond acceptors (Lipinski definition) is 2. The highest BCUT2D eigenvalue weighted by Crippen LogP contribution is 2.36. The molecular weight excluding hydrogens is 233 g/mol. The molecule has 0 aliphatic rings. The highest BCUT2D eigenvalue weighted by molar-refractivity contribution is 5.79. The topological polar surface area (TPSA) is 26.3 Å². The molecule has 1 unspecified atom stereocenters. The molecule has 0 saturated carbocycles. The number of ether oxygens (including phenoxy) is 1. The molecule has 0 N–H and O–H groups in total. The van der Waals surface area contributed by atoms with Gasteiger partial charge >= 0.3 is 12.1 Å². The van der Waals surface area contributed by atoms with Gasteiger partial charge in [-0.05, 0) is 19.4 Å². The Morgan fingerprint density at radius 1 is 1.41 bits per heavy atom. The molecule has 1 aromatic rings. The zero-order valence-corrected chi connectivity index (χ0v) is 9.54. The van der Waals surface area contributed by atoms with Crippen LogP contribution in [-0.2, 0) is 9.53 Å². The molecular formula is C12H13F3O2. The molecule has 0 fully saturated rings. The first-order valence-corrected chi connectivity index (χ1v) is 5.16. The molecule has 0 saturated heterocycles. The molecule has 0 aliphatic carbocycles. The number of benzene rings is 1. The highest BCUT2D eigenvalue weighted by atomic mass is 19.4. The highest BCUT2D eigenvalue weighted by Gasteiger charge is 2.47. The van der Waals surface area contributed by atoms with E-state index in [2.05, 4.69) is 4.74 Å². The minimum atomic E-state index is -4.64. The summed E-state index contributed by atoms with van der Waals surface area (Å²) in [6.45, 7) is 3.07. The van der Waals surface area contributed by atoms with Crippen molar-refractivity contribution in [2.45, 2.75) is 25.9 Å². The standard InChI is InChI=1S/C12H13F3O2/c1-3-17-11(16)10(12(13,14)15)9-6-4-5-8(2)7-9/h4-7,10H,3H2,1-2H3. The predicted molar refractivity (Wildman–Crippen MR) is 56.6 cm³/mol. The maximum Gasteiger partial charge on any atom is 0.406 e. The van der Waals surface area contributed by atoms with Crippen molar-refractivity contribution in [3.63, 3.8) is 0 Å². The Morgan fingerprint density at radius 3 is 2.53 bits per heavy atom. The van der Waals surface area contributed by atoms with Crippen LogP contribution in [0.5, 0.6) is 0 Å². The van der Waals surface area contributed by atoms with Crippen LogP contribution in [0.25, 0.3) is 0 Å². The molecule has 0 radical (unpaired) electrons. The number of halogens is 3.